The van der Waals surface area contributed by atoms with Crippen molar-refractivity contribution in [2.24, 2.45) is 0 Å². The number of hydrogen-bond acceptors (Lipinski definition) is 4. The summed E-state index contributed by atoms with van der Waals surface area (Å²) in [6.07, 6.45) is 0. The van der Waals surface area contributed by atoms with Crippen molar-refractivity contribution in [1.82, 2.24) is 14.5 Å². The van der Waals surface area contributed by atoms with Gasteiger partial charge in [0.2, 0.25) is 0 Å². The highest BCUT2D eigenvalue weighted by atomic mass is 16.3. The average molecular weight is 665 g/mol. The number of rotatable bonds is 5. The van der Waals surface area contributed by atoms with E-state index in [0.717, 1.165) is 55.3 Å². The number of para-hydroxylation sites is 2. The molecule has 10 rings (SSSR count). The maximum atomic E-state index is 10.7. The molecule has 0 aliphatic heterocycles. The molecule has 0 amide bonds. The van der Waals surface area contributed by atoms with Gasteiger partial charge in [-0.05, 0) is 41.5 Å². The van der Waals surface area contributed by atoms with Crippen molar-refractivity contribution in [3.8, 4) is 56.8 Å². The van der Waals surface area contributed by atoms with Gasteiger partial charge in [0, 0.05) is 38.2 Å². The second-order valence-corrected chi connectivity index (χ2v) is 12.8. The number of fused-ring (bicyclic) bond motifs is 6. The van der Waals surface area contributed by atoms with E-state index in [4.69, 9.17) is 14.4 Å². The van der Waals surface area contributed by atoms with Crippen molar-refractivity contribution in [3.63, 3.8) is 0 Å². The van der Waals surface area contributed by atoms with Gasteiger partial charge in [0.1, 0.15) is 17.2 Å². The zero-order chi connectivity index (χ0) is 34.6. The highest BCUT2D eigenvalue weighted by Gasteiger charge is 2.24. The second kappa shape index (κ2) is 11.9. The van der Waals surface area contributed by atoms with Gasteiger partial charge in [0.15, 0.2) is 11.4 Å². The zero-order valence-electron chi connectivity index (χ0n) is 27.9. The first-order valence-electron chi connectivity index (χ1n) is 17.2. The van der Waals surface area contributed by atoms with Crippen LogP contribution in [0.15, 0.2) is 174 Å². The minimum absolute atomic E-state index is 0.417. The van der Waals surface area contributed by atoms with E-state index in [1.165, 1.54) is 21.9 Å². The minimum Gasteiger partial charge on any atom is -0.454 e. The van der Waals surface area contributed by atoms with Crippen LogP contribution in [-0.2, 0) is 0 Å². The van der Waals surface area contributed by atoms with Crippen molar-refractivity contribution in [2.75, 3.05) is 0 Å². The van der Waals surface area contributed by atoms with Crippen LogP contribution in [0, 0.1) is 11.3 Å². The van der Waals surface area contributed by atoms with Gasteiger partial charge in [-0.25, -0.2) is 9.97 Å². The van der Waals surface area contributed by atoms with E-state index < -0.39 is 0 Å². The van der Waals surface area contributed by atoms with Crippen LogP contribution < -0.4 is 0 Å². The monoisotopic (exact) mass is 664 g/mol. The Hall–Kier alpha value is -7.29. The molecular weight excluding hydrogens is 637 g/mol. The molecule has 3 aromatic heterocycles. The molecule has 0 aliphatic rings. The number of aromatic nitrogens is 3. The van der Waals surface area contributed by atoms with Crippen LogP contribution in [0.3, 0.4) is 0 Å². The Labute approximate surface area is 299 Å². The number of hydrogen-bond donors (Lipinski definition) is 0. The highest BCUT2D eigenvalue weighted by molar-refractivity contribution is 6.16. The molecular formula is C47H28N4O. The normalized spacial score (nSPS) is 11.4. The first kappa shape index (κ1) is 29.6. The van der Waals surface area contributed by atoms with Crippen molar-refractivity contribution in [3.05, 3.63) is 175 Å². The fourth-order valence-electron chi connectivity index (χ4n) is 7.53. The maximum Gasteiger partial charge on any atom is 0.160 e. The molecule has 0 aliphatic carbocycles. The molecule has 7 aromatic carbocycles. The number of nitriles is 1. The van der Waals surface area contributed by atoms with Crippen LogP contribution >= 0.6 is 0 Å². The Morgan fingerprint density at radius 3 is 1.90 bits per heavy atom. The lowest BCUT2D eigenvalue weighted by Crippen LogP contribution is -2.01. The van der Waals surface area contributed by atoms with Gasteiger partial charge >= 0.3 is 0 Å². The average Bonchev–Trinajstić information content (AvgIpc) is 3.77. The molecule has 0 spiro atoms. The smallest absolute Gasteiger partial charge is 0.160 e. The van der Waals surface area contributed by atoms with Gasteiger partial charge in [-0.2, -0.15) is 5.26 Å². The Balaban J connectivity index is 1.24. The summed E-state index contributed by atoms with van der Waals surface area (Å²) in [6.45, 7) is 0. The van der Waals surface area contributed by atoms with E-state index in [1.807, 2.05) is 84.9 Å². The predicted octanol–water partition coefficient (Wildman–Crippen LogP) is 12.0. The Morgan fingerprint density at radius 2 is 1.13 bits per heavy atom. The summed E-state index contributed by atoms with van der Waals surface area (Å²) >= 11 is 0. The lowest BCUT2D eigenvalue weighted by molar-refractivity contribution is 0.666. The Kier molecular flexibility index (Phi) is 6.80. The molecule has 5 heteroatoms. The summed E-state index contributed by atoms with van der Waals surface area (Å²) in [6, 6.07) is 60.2. The van der Waals surface area contributed by atoms with E-state index in [1.54, 1.807) is 0 Å². The summed E-state index contributed by atoms with van der Waals surface area (Å²) in [7, 11) is 0. The summed E-state index contributed by atoms with van der Waals surface area (Å²) < 4.78 is 9.12. The molecule has 0 saturated carbocycles. The fraction of sp³-hybridized carbons (Fsp3) is 0. The first-order chi connectivity index (χ1) is 25.8. The Bertz CT molecular complexity index is 3010. The Morgan fingerprint density at radius 1 is 0.500 bits per heavy atom. The van der Waals surface area contributed by atoms with E-state index in [0.29, 0.717) is 22.8 Å². The van der Waals surface area contributed by atoms with E-state index >= 15 is 0 Å². The molecule has 0 fully saturated rings. The van der Waals surface area contributed by atoms with Crippen molar-refractivity contribution >= 4 is 43.7 Å². The van der Waals surface area contributed by atoms with Crippen LogP contribution in [0.1, 0.15) is 5.56 Å². The van der Waals surface area contributed by atoms with Gasteiger partial charge in [0.05, 0.1) is 28.1 Å². The molecule has 242 valence electrons. The third-order valence-corrected chi connectivity index (χ3v) is 9.88. The molecule has 0 atom stereocenters. The molecule has 0 bridgehead atoms. The van der Waals surface area contributed by atoms with E-state index in [9.17, 15) is 5.26 Å². The quantitative estimate of drug-likeness (QED) is 0.184. The third kappa shape index (κ3) is 4.63. The maximum absolute atomic E-state index is 10.7. The van der Waals surface area contributed by atoms with Crippen LogP contribution in [0.4, 0.5) is 0 Å². The van der Waals surface area contributed by atoms with E-state index in [-0.39, 0.29) is 0 Å². The topological polar surface area (TPSA) is 67.6 Å². The summed E-state index contributed by atoms with van der Waals surface area (Å²) in [4.78, 5) is 10.1. The number of nitrogens with zero attached hydrogens (tertiary/aromatic N) is 4. The van der Waals surface area contributed by atoms with Crippen molar-refractivity contribution < 1.29 is 4.42 Å². The predicted molar refractivity (Wildman–Crippen MR) is 210 cm³/mol. The molecule has 0 unspecified atom stereocenters. The van der Waals surface area contributed by atoms with Crippen LogP contribution in [0.5, 0.6) is 0 Å². The van der Waals surface area contributed by atoms with Gasteiger partial charge in [-0.1, -0.05) is 140 Å². The summed E-state index contributed by atoms with van der Waals surface area (Å²) in [5.41, 5.74) is 11.1. The molecule has 0 radical (unpaired) electrons. The van der Waals surface area contributed by atoms with Crippen LogP contribution in [0.25, 0.3) is 94.5 Å². The summed E-state index contributed by atoms with van der Waals surface area (Å²) in [5.74, 6) is 0.555. The third-order valence-electron chi connectivity index (χ3n) is 9.88. The zero-order valence-corrected chi connectivity index (χ0v) is 27.9. The van der Waals surface area contributed by atoms with Crippen molar-refractivity contribution in [2.45, 2.75) is 0 Å². The largest absolute Gasteiger partial charge is 0.454 e. The van der Waals surface area contributed by atoms with Crippen LogP contribution in [-0.4, -0.2) is 14.5 Å². The molecule has 52 heavy (non-hydrogen) atoms. The lowest BCUT2D eigenvalue weighted by Gasteiger charge is -2.13. The number of furan rings is 1. The summed E-state index contributed by atoms with van der Waals surface area (Å²) in [5, 5.41) is 14.9. The molecule has 0 N–H and O–H groups in total. The van der Waals surface area contributed by atoms with E-state index in [2.05, 4.69) is 95.6 Å². The minimum atomic E-state index is 0.417. The SMILES string of the molecule is N#Cc1c(-c2ccccc2)nc(-c2ccccc2)nc1-c1cccc2oc3c(-n4c5ccccc5c5cc(-c6ccccc6)ccc54)cccc3c12. The molecule has 0 saturated heterocycles. The highest BCUT2D eigenvalue weighted by Crippen LogP contribution is 2.43. The number of benzene rings is 7. The van der Waals surface area contributed by atoms with Gasteiger partial charge < -0.3 is 8.98 Å². The standard InChI is InChI=1S/C47H28N4O/c48-29-38-44(31-16-6-2-7-17-31)49-47(32-18-8-3-9-19-32)50-45(38)35-21-13-25-42-43(35)36-22-12-24-41(46(36)52-42)51-39-23-11-10-20-34(39)37-28-33(26-27-40(37)51)30-14-4-1-5-15-30/h1-28H. The molecule has 5 nitrogen and oxygen atoms in total. The van der Waals surface area contributed by atoms with Crippen LogP contribution in [0.2, 0.25) is 0 Å². The van der Waals surface area contributed by atoms with Crippen molar-refractivity contribution in [1.29, 1.82) is 5.26 Å². The van der Waals surface area contributed by atoms with Gasteiger partial charge in [0.25, 0.3) is 0 Å². The second-order valence-electron chi connectivity index (χ2n) is 12.8. The fourth-order valence-corrected chi connectivity index (χ4v) is 7.53. The molecule has 3 heterocycles. The molecule has 10 aromatic rings. The van der Waals surface area contributed by atoms with Gasteiger partial charge in [-0.3, -0.25) is 0 Å². The van der Waals surface area contributed by atoms with Gasteiger partial charge in [-0.15, -0.1) is 0 Å². The lowest BCUT2D eigenvalue weighted by atomic mass is 9.97. The first-order valence-corrected chi connectivity index (χ1v) is 17.2.